The lowest BCUT2D eigenvalue weighted by Crippen LogP contribution is -2.42. The molecule has 0 unspecified atom stereocenters. The van der Waals surface area contributed by atoms with Crippen LogP contribution in [0.3, 0.4) is 0 Å². The predicted molar refractivity (Wildman–Crippen MR) is 96.9 cm³/mol. The quantitative estimate of drug-likeness (QED) is 0.607. The van der Waals surface area contributed by atoms with E-state index in [-0.39, 0.29) is 17.8 Å². The summed E-state index contributed by atoms with van der Waals surface area (Å²) in [6.07, 6.45) is 2.96. The van der Waals surface area contributed by atoms with Crippen LogP contribution in [0.15, 0.2) is 18.2 Å². The third kappa shape index (κ3) is 4.84. The van der Waals surface area contributed by atoms with E-state index in [0.717, 1.165) is 31.6 Å². The zero-order valence-corrected chi connectivity index (χ0v) is 15.4. The Bertz CT molecular complexity index is 634. The van der Waals surface area contributed by atoms with Gasteiger partial charge >= 0.3 is 6.09 Å². The molecule has 1 aromatic carbocycles. The van der Waals surface area contributed by atoms with Gasteiger partial charge in [-0.2, -0.15) is 0 Å². The molecule has 7 heteroatoms. The maximum absolute atomic E-state index is 12.2. The largest absolute Gasteiger partial charge is 0.444 e. The molecule has 1 saturated heterocycles. The number of anilines is 1. The van der Waals surface area contributed by atoms with Gasteiger partial charge in [0.25, 0.3) is 5.69 Å². The number of non-ortho nitro benzene ring substituents is 1. The van der Waals surface area contributed by atoms with Crippen molar-refractivity contribution in [2.45, 2.75) is 52.2 Å². The van der Waals surface area contributed by atoms with E-state index in [0.29, 0.717) is 5.56 Å². The van der Waals surface area contributed by atoms with Crippen molar-refractivity contribution < 1.29 is 14.5 Å². The average molecular weight is 349 g/mol. The van der Waals surface area contributed by atoms with Crippen molar-refractivity contribution in [1.29, 1.82) is 0 Å². The molecule has 0 aliphatic carbocycles. The second-order valence-electron chi connectivity index (χ2n) is 7.40. The van der Waals surface area contributed by atoms with Crippen molar-refractivity contribution in [1.82, 2.24) is 4.90 Å². The van der Waals surface area contributed by atoms with E-state index in [1.807, 2.05) is 20.8 Å². The van der Waals surface area contributed by atoms with Crippen LogP contribution in [0.25, 0.3) is 0 Å². The maximum Gasteiger partial charge on any atom is 0.410 e. The highest BCUT2D eigenvalue weighted by Gasteiger charge is 2.24. The second-order valence-corrected chi connectivity index (χ2v) is 7.40. The topological polar surface area (TPSA) is 75.9 Å². The molecule has 0 saturated carbocycles. The van der Waals surface area contributed by atoms with Crippen LogP contribution in [-0.4, -0.2) is 41.6 Å². The van der Waals surface area contributed by atoms with Crippen LogP contribution < -0.4 is 4.90 Å². The highest BCUT2D eigenvalue weighted by molar-refractivity contribution is 5.68. The number of piperidine rings is 1. The summed E-state index contributed by atoms with van der Waals surface area (Å²) in [5.41, 5.74) is 1.24. The van der Waals surface area contributed by atoms with Crippen LogP contribution in [0.1, 0.15) is 45.6 Å². The fraction of sp³-hybridized carbons (Fsp3) is 0.611. The normalized spacial score (nSPS) is 15.0. The second kappa shape index (κ2) is 7.72. The maximum atomic E-state index is 12.2. The Hall–Kier alpha value is -2.31. The van der Waals surface area contributed by atoms with Crippen LogP contribution in [0, 0.1) is 10.1 Å². The van der Waals surface area contributed by atoms with Gasteiger partial charge in [-0.1, -0.05) is 0 Å². The molecule has 1 aromatic rings. The SMILES string of the molecule is CN(C(=O)OCc1cc([N+](=O)[O-])ccc1N1CCCCC1)C(C)(C)C. The molecule has 1 aliphatic rings. The molecule has 1 aliphatic heterocycles. The van der Waals surface area contributed by atoms with Crippen molar-refractivity contribution in [2.24, 2.45) is 0 Å². The highest BCUT2D eigenvalue weighted by Crippen LogP contribution is 2.29. The number of carbonyl (C=O) groups is 1. The summed E-state index contributed by atoms with van der Waals surface area (Å²) in [4.78, 5) is 26.6. The van der Waals surface area contributed by atoms with Crippen molar-refractivity contribution in [2.75, 3.05) is 25.0 Å². The number of nitrogens with zero attached hydrogens (tertiary/aromatic N) is 3. The first-order chi connectivity index (χ1) is 11.7. The standard InChI is InChI=1S/C18H27N3O4/c1-18(2,3)19(4)17(22)25-13-14-12-15(21(23)24)8-9-16(14)20-10-6-5-7-11-20/h8-9,12H,5-7,10-11,13H2,1-4H3. The molecule has 7 nitrogen and oxygen atoms in total. The minimum Gasteiger partial charge on any atom is -0.444 e. The van der Waals surface area contributed by atoms with Crippen LogP contribution in [0.2, 0.25) is 0 Å². The van der Waals surface area contributed by atoms with E-state index in [1.165, 1.54) is 23.5 Å². The lowest BCUT2D eigenvalue weighted by molar-refractivity contribution is -0.384. The summed E-state index contributed by atoms with van der Waals surface area (Å²) >= 11 is 0. The Kier molecular flexibility index (Phi) is 5.87. The zero-order valence-electron chi connectivity index (χ0n) is 15.4. The van der Waals surface area contributed by atoms with Gasteiger partial charge in [0.05, 0.1) is 4.92 Å². The van der Waals surface area contributed by atoms with Gasteiger partial charge in [-0.25, -0.2) is 4.79 Å². The third-order valence-corrected chi connectivity index (χ3v) is 4.60. The van der Waals surface area contributed by atoms with E-state index >= 15 is 0 Å². The molecule has 0 spiro atoms. The molecule has 1 amide bonds. The molecular weight excluding hydrogens is 322 g/mol. The lowest BCUT2D eigenvalue weighted by atomic mass is 10.1. The number of nitro groups is 1. The minimum absolute atomic E-state index is 0.0102. The van der Waals surface area contributed by atoms with Crippen molar-refractivity contribution in [3.63, 3.8) is 0 Å². The van der Waals surface area contributed by atoms with E-state index in [4.69, 9.17) is 4.74 Å². The summed E-state index contributed by atoms with van der Waals surface area (Å²) in [6, 6.07) is 4.78. The van der Waals surface area contributed by atoms with Gasteiger partial charge in [0, 0.05) is 49.1 Å². The minimum atomic E-state index is -0.441. The van der Waals surface area contributed by atoms with E-state index in [1.54, 1.807) is 13.1 Å². The summed E-state index contributed by atoms with van der Waals surface area (Å²) < 4.78 is 5.42. The molecule has 0 bridgehead atoms. The highest BCUT2D eigenvalue weighted by atomic mass is 16.6. The van der Waals surface area contributed by atoms with Gasteiger partial charge in [-0.15, -0.1) is 0 Å². The molecule has 138 valence electrons. The first kappa shape index (κ1) is 19.0. The number of ether oxygens (including phenoxy) is 1. The number of rotatable bonds is 4. The predicted octanol–water partition coefficient (Wildman–Crippen LogP) is 3.95. The number of nitro benzene ring substituents is 1. The first-order valence-electron chi connectivity index (χ1n) is 8.63. The first-order valence-corrected chi connectivity index (χ1v) is 8.63. The van der Waals surface area contributed by atoms with E-state index in [2.05, 4.69) is 4.90 Å². The lowest BCUT2D eigenvalue weighted by Gasteiger charge is -2.32. The summed E-state index contributed by atoms with van der Waals surface area (Å²) in [5, 5.41) is 11.1. The van der Waals surface area contributed by atoms with Crippen molar-refractivity contribution >= 4 is 17.5 Å². The van der Waals surface area contributed by atoms with Crippen LogP contribution in [0.5, 0.6) is 0 Å². The Labute approximate surface area is 148 Å². The molecule has 0 aromatic heterocycles. The molecule has 1 heterocycles. The van der Waals surface area contributed by atoms with Crippen LogP contribution >= 0.6 is 0 Å². The fourth-order valence-electron chi connectivity index (χ4n) is 2.75. The van der Waals surface area contributed by atoms with Gasteiger partial charge in [-0.05, 0) is 46.1 Å². The molecular formula is C18H27N3O4. The van der Waals surface area contributed by atoms with E-state index in [9.17, 15) is 14.9 Å². The number of hydrogen-bond acceptors (Lipinski definition) is 5. The smallest absolute Gasteiger partial charge is 0.410 e. The van der Waals surface area contributed by atoms with Gasteiger partial charge < -0.3 is 14.5 Å². The Morgan fingerprint density at radius 3 is 2.48 bits per heavy atom. The Balaban J connectivity index is 2.19. The van der Waals surface area contributed by atoms with Gasteiger partial charge in [0.2, 0.25) is 0 Å². The zero-order chi connectivity index (χ0) is 18.6. The Morgan fingerprint density at radius 2 is 1.92 bits per heavy atom. The molecule has 0 atom stereocenters. The van der Waals surface area contributed by atoms with E-state index < -0.39 is 11.0 Å². The molecule has 0 radical (unpaired) electrons. The number of hydrogen-bond donors (Lipinski definition) is 0. The van der Waals surface area contributed by atoms with Crippen molar-refractivity contribution in [3.05, 3.63) is 33.9 Å². The molecule has 25 heavy (non-hydrogen) atoms. The molecule has 1 fully saturated rings. The van der Waals surface area contributed by atoms with Gasteiger partial charge in [0.1, 0.15) is 6.61 Å². The van der Waals surface area contributed by atoms with Gasteiger partial charge in [-0.3, -0.25) is 10.1 Å². The fourth-order valence-corrected chi connectivity index (χ4v) is 2.75. The van der Waals surface area contributed by atoms with Crippen LogP contribution in [-0.2, 0) is 11.3 Å². The summed E-state index contributed by atoms with van der Waals surface area (Å²) in [6.45, 7) is 7.61. The summed E-state index contributed by atoms with van der Waals surface area (Å²) in [7, 11) is 1.68. The third-order valence-electron chi connectivity index (χ3n) is 4.60. The monoisotopic (exact) mass is 349 g/mol. The molecule has 2 rings (SSSR count). The number of carbonyl (C=O) groups excluding carboxylic acids is 1. The van der Waals surface area contributed by atoms with Gasteiger partial charge in [0.15, 0.2) is 0 Å². The Morgan fingerprint density at radius 1 is 1.28 bits per heavy atom. The average Bonchev–Trinajstić information content (AvgIpc) is 2.58. The molecule has 0 N–H and O–H groups in total. The summed E-state index contributed by atoms with van der Waals surface area (Å²) in [5.74, 6) is 0. The van der Waals surface area contributed by atoms with Crippen LogP contribution in [0.4, 0.5) is 16.2 Å². The number of benzene rings is 1. The number of amides is 1. The van der Waals surface area contributed by atoms with Crippen molar-refractivity contribution in [3.8, 4) is 0 Å².